The van der Waals surface area contributed by atoms with E-state index < -0.39 is 0 Å². The number of piperidine rings is 1. The van der Waals surface area contributed by atoms with Gasteiger partial charge in [0.15, 0.2) is 0 Å². The number of hydrogen-bond donors (Lipinski definition) is 1. The quantitative estimate of drug-likeness (QED) is 0.664. The molecule has 2 amide bonds. The van der Waals surface area contributed by atoms with Crippen LogP contribution in [0.15, 0.2) is 55.0 Å². The normalized spacial score (nSPS) is 14.7. The number of rotatable bonds is 6. The second kappa shape index (κ2) is 9.20. The smallest absolute Gasteiger partial charge is 0.251 e. The zero-order valence-electron chi connectivity index (χ0n) is 18.0. The Morgan fingerprint density at radius 1 is 1.13 bits per heavy atom. The lowest BCUT2D eigenvalue weighted by molar-refractivity contribution is -0.136. The summed E-state index contributed by atoms with van der Waals surface area (Å²) < 4.78 is 7.99. The maximum Gasteiger partial charge on any atom is 0.251 e. The number of pyridine rings is 1. The molecule has 0 unspecified atom stereocenters. The molecule has 0 saturated carbocycles. The minimum Gasteiger partial charge on any atom is -0.490 e. The molecule has 0 atom stereocenters. The lowest BCUT2D eigenvalue weighted by Gasteiger charge is -2.33. The first kappa shape index (κ1) is 20.9. The summed E-state index contributed by atoms with van der Waals surface area (Å²) >= 11 is 0. The number of nitrogens with zero attached hydrogens (tertiary/aromatic N) is 3. The lowest BCUT2D eigenvalue weighted by Crippen LogP contribution is -2.43. The molecule has 1 aromatic carbocycles. The van der Waals surface area contributed by atoms with Gasteiger partial charge in [-0.2, -0.15) is 0 Å². The van der Waals surface area contributed by atoms with Crippen LogP contribution in [0.5, 0.6) is 5.75 Å². The second-order valence-corrected chi connectivity index (χ2v) is 8.23. The lowest BCUT2D eigenvalue weighted by atomic mass is 10.1. The van der Waals surface area contributed by atoms with Crippen molar-refractivity contribution in [1.82, 2.24) is 19.6 Å². The summed E-state index contributed by atoms with van der Waals surface area (Å²) in [6.07, 6.45) is 7.29. The Hall–Kier alpha value is -3.35. The Kier molecular flexibility index (Phi) is 6.21. The molecule has 3 aromatic rings. The summed E-state index contributed by atoms with van der Waals surface area (Å²) in [6, 6.07) is 11.1. The molecule has 4 rings (SSSR count). The van der Waals surface area contributed by atoms with Gasteiger partial charge in [-0.15, -0.1) is 0 Å². The predicted molar refractivity (Wildman–Crippen MR) is 118 cm³/mol. The van der Waals surface area contributed by atoms with E-state index in [1.807, 2.05) is 59.8 Å². The van der Waals surface area contributed by atoms with Crippen LogP contribution < -0.4 is 10.1 Å². The molecule has 1 fully saturated rings. The number of amides is 2. The predicted octanol–water partition coefficient (Wildman–Crippen LogP) is 3.29. The Bertz CT molecular complexity index is 1050. The molecule has 7 heteroatoms. The number of benzene rings is 1. The van der Waals surface area contributed by atoms with Crippen molar-refractivity contribution in [3.05, 3.63) is 66.1 Å². The average molecular weight is 421 g/mol. The summed E-state index contributed by atoms with van der Waals surface area (Å²) in [5.74, 6) is 0.855. The van der Waals surface area contributed by atoms with Gasteiger partial charge in [0.2, 0.25) is 5.91 Å². The molecule has 162 valence electrons. The van der Waals surface area contributed by atoms with Crippen LogP contribution in [0, 0.1) is 5.92 Å². The highest BCUT2D eigenvalue weighted by molar-refractivity contribution is 5.94. The fourth-order valence-corrected chi connectivity index (χ4v) is 3.78. The highest BCUT2D eigenvalue weighted by Crippen LogP contribution is 2.20. The highest BCUT2D eigenvalue weighted by Gasteiger charge is 2.25. The van der Waals surface area contributed by atoms with Crippen LogP contribution in [-0.4, -0.2) is 45.3 Å². The maximum absolute atomic E-state index is 12.5. The van der Waals surface area contributed by atoms with Gasteiger partial charge in [0.1, 0.15) is 17.5 Å². The van der Waals surface area contributed by atoms with E-state index in [0.29, 0.717) is 12.1 Å². The van der Waals surface area contributed by atoms with Crippen LogP contribution in [0.4, 0.5) is 0 Å². The maximum atomic E-state index is 12.5. The molecule has 7 nitrogen and oxygen atoms in total. The number of ether oxygens (including phenoxy) is 1. The summed E-state index contributed by atoms with van der Waals surface area (Å²) in [5, 5.41) is 2.94. The molecule has 2 aromatic heterocycles. The minimum atomic E-state index is -0.129. The fourth-order valence-electron chi connectivity index (χ4n) is 3.78. The van der Waals surface area contributed by atoms with Crippen molar-refractivity contribution in [3.8, 4) is 5.75 Å². The van der Waals surface area contributed by atoms with Crippen LogP contribution in [0.1, 0.15) is 42.6 Å². The number of imidazole rings is 1. The average Bonchev–Trinajstić information content (AvgIpc) is 3.26. The van der Waals surface area contributed by atoms with Crippen LogP contribution in [0.3, 0.4) is 0 Å². The van der Waals surface area contributed by atoms with Gasteiger partial charge in [-0.05, 0) is 42.0 Å². The molecule has 0 radical (unpaired) electrons. The number of carbonyl (C=O) groups is 2. The largest absolute Gasteiger partial charge is 0.490 e. The summed E-state index contributed by atoms with van der Waals surface area (Å²) in [5.41, 5.74) is 2.44. The highest BCUT2D eigenvalue weighted by atomic mass is 16.5. The van der Waals surface area contributed by atoms with Crippen molar-refractivity contribution in [1.29, 1.82) is 0 Å². The number of carbonyl (C=O) groups excluding carboxylic acids is 2. The Morgan fingerprint density at radius 3 is 2.58 bits per heavy atom. The van der Waals surface area contributed by atoms with Gasteiger partial charge in [-0.1, -0.05) is 13.8 Å². The van der Waals surface area contributed by atoms with Crippen LogP contribution in [-0.2, 0) is 11.3 Å². The third-order valence-electron chi connectivity index (χ3n) is 5.58. The van der Waals surface area contributed by atoms with E-state index >= 15 is 0 Å². The van der Waals surface area contributed by atoms with E-state index in [2.05, 4.69) is 10.3 Å². The molecule has 1 aliphatic rings. The molecule has 0 spiro atoms. The van der Waals surface area contributed by atoms with E-state index in [9.17, 15) is 9.59 Å². The van der Waals surface area contributed by atoms with Crippen LogP contribution in [0.2, 0.25) is 0 Å². The number of fused-ring (bicyclic) bond motifs is 1. The van der Waals surface area contributed by atoms with E-state index in [0.717, 1.165) is 42.9 Å². The van der Waals surface area contributed by atoms with Gasteiger partial charge in [-0.25, -0.2) is 4.98 Å². The Labute approximate surface area is 182 Å². The van der Waals surface area contributed by atoms with Crippen molar-refractivity contribution < 1.29 is 14.3 Å². The van der Waals surface area contributed by atoms with Crippen molar-refractivity contribution in [2.24, 2.45) is 5.92 Å². The van der Waals surface area contributed by atoms with Gasteiger partial charge >= 0.3 is 0 Å². The standard InChI is InChI=1S/C24H28N4O3/c1-17(2)24(30)28-12-8-21(9-13-28)31-20-5-3-19(4-6-20)23(29)26-16-18-7-11-27-14-10-25-22(27)15-18/h3-7,10-11,14-15,17,21H,8-9,12-13,16H2,1-2H3,(H,26,29). The zero-order chi connectivity index (χ0) is 21.8. The van der Waals surface area contributed by atoms with Crippen molar-refractivity contribution in [2.75, 3.05) is 13.1 Å². The summed E-state index contributed by atoms with van der Waals surface area (Å²) in [4.78, 5) is 30.8. The molecule has 1 N–H and O–H groups in total. The molecule has 0 bridgehead atoms. The van der Waals surface area contributed by atoms with Gasteiger partial charge in [0.05, 0.1) is 0 Å². The molecule has 1 aliphatic heterocycles. The summed E-state index contributed by atoms with van der Waals surface area (Å²) in [7, 11) is 0. The van der Waals surface area contributed by atoms with Gasteiger partial charge < -0.3 is 19.4 Å². The first-order valence-electron chi connectivity index (χ1n) is 10.7. The molecular formula is C24H28N4O3. The van der Waals surface area contributed by atoms with Crippen molar-refractivity contribution >= 4 is 17.5 Å². The van der Waals surface area contributed by atoms with Gasteiger partial charge in [-0.3, -0.25) is 9.59 Å². The number of hydrogen-bond acceptors (Lipinski definition) is 4. The minimum absolute atomic E-state index is 0.0322. The van der Waals surface area contributed by atoms with Crippen LogP contribution >= 0.6 is 0 Å². The zero-order valence-corrected chi connectivity index (χ0v) is 18.0. The number of aromatic nitrogens is 2. The SMILES string of the molecule is CC(C)C(=O)N1CCC(Oc2ccc(C(=O)NCc3ccn4ccnc4c3)cc2)CC1. The van der Waals surface area contributed by atoms with Crippen LogP contribution in [0.25, 0.3) is 5.65 Å². The second-order valence-electron chi connectivity index (χ2n) is 8.23. The van der Waals surface area contributed by atoms with Gasteiger partial charge in [0, 0.05) is 62.5 Å². The summed E-state index contributed by atoms with van der Waals surface area (Å²) in [6.45, 7) is 5.76. The number of likely N-dealkylation sites (tertiary alicyclic amines) is 1. The Balaban J connectivity index is 1.27. The van der Waals surface area contributed by atoms with Crippen molar-refractivity contribution in [2.45, 2.75) is 39.3 Å². The molecule has 31 heavy (non-hydrogen) atoms. The molecule has 3 heterocycles. The molecular weight excluding hydrogens is 392 g/mol. The van der Waals surface area contributed by atoms with E-state index in [4.69, 9.17) is 4.74 Å². The van der Waals surface area contributed by atoms with E-state index in [-0.39, 0.29) is 23.8 Å². The number of nitrogens with one attached hydrogen (secondary N) is 1. The molecule has 1 saturated heterocycles. The van der Waals surface area contributed by atoms with E-state index in [1.54, 1.807) is 18.3 Å². The van der Waals surface area contributed by atoms with Gasteiger partial charge in [0.25, 0.3) is 5.91 Å². The third-order valence-corrected chi connectivity index (χ3v) is 5.58. The molecule has 0 aliphatic carbocycles. The topological polar surface area (TPSA) is 75.9 Å². The first-order valence-corrected chi connectivity index (χ1v) is 10.7. The third kappa shape index (κ3) is 5.05. The van der Waals surface area contributed by atoms with E-state index in [1.165, 1.54) is 0 Å². The first-order chi connectivity index (χ1) is 15.0. The monoisotopic (exact) mass is 420 g/mol. The Morgan fingerprint density at radius 2 is 1.87 bits per heavy atom. The van der Waals surface area contributed by atoms with Crippen molar-refractivity contribution in [3.63, 3.8) is 0 Å². The fraction of sp³-hybridized carbons (Fsp3) is 0.375.